The summed E-state index contributed by atoms with van der Waals surface area (Å²) in [5.41, 5.74) is 6.52. The summed E-state index contributed by atoms with van der Waals surface area (Å²) >= 11 is 0. The smallest absolute Gasteiger partial charge is 0.227 e. The summed E-state index contributed by atoms with van der Waals surface area (Å²) in [4.78, 5) is 19.8. The number of carbonyl (C=O) groups is 1. The van der Waals surface area contributed by atoms with E-state index in [1.54, 1.807) is 0 Å². The molecule has 3 aromatic carbocycles. The maximum atomic E-state index is 12.9. The van der Waals surface area contributed by atoms with Crippen LogP contribution in [-0.2, 0) is 11.3 Å². The maximum absolute atomic E-state index is 12.9. The molecule has 1 aromatic heterocycles. The number of anilines is 1. The Bertz CT molecular complexity index is 1320. The predicted octanol–water partition coefficient (Wildman–Crippen LogP) is 5.56. The molecule has 0 spiro atoms. The zero-order valence-corrected chi connectivity index (χ0v) is 19.4. The molecular weight excluding hydrogens is 410 g/mol. The third-order valence-electron chi connectivity index (χ3n) is 6.39. The van der Waals surface area contributed by atoms with E-state index >= 15 is 0 Å². The number of hydrogen-bond acceptors (Lipinski definition) is 3. The van der Waals surface area contributed by atoms with Gasteiger partial charge in [0.1, 0.15) is 18.2 Å². The van der Waals surface area contributed by atoms with E-state index < -0.39 is 0 Å². The first-order valence-corrected chi connectivity index (χ1v) is 11.5. The van der Waals surface area contributed by atoms with Crippen molar-refractivity contribution >= 4 is 22.6 Å². The lowest BCUT2D eigenvalue weighted by Gasteiger charge is -2.18. The molecule has 1 amide bonds. The van der Waals surface area contributed by atoms with Gasteiger partial charge in [0, 0.05) is 24.6 Å². The Hall–Kier alpha value is -3.60. The summed E-state index contributed by atoms with van der Waals surface area (Å²) in [5.74, 6) is 2.07. The second kappa shape index (κ2) is 8.74. The summed E-state index contributed by atoms with van der Waals surface area (Å²) < 4.78 is 8.36. The minimum atomic E-state index is 0.0477. The molecule has 4 aromatic rings. The number of para-hydroxylation sites is 2. The van der Waals surface area contributed by atoms with Gasteiger partial charge in [-0.1, -0.05) is 42.0 Å². The molecule has 1 saturated heterocycles. The van der Waals surface area contributed by atoms with Crippen molar-refractivity contribution in [1.29, 1.82) is 0 Å². The van der Waals surface area contributed by atoms with Crippen LogP contribution in [0.5, 0.6) is 5.75 Å². The Morgan fingerprint density at radius 1 is 0.970 bits per heavy atom. The summed E-state index contributed by atoms with van der Waals surface area (Å²) in [6, 6.07) is 22.6. The maximum Gasteiger partial charge on any atom is 0.227 e. The molecule has 5 heteroatoms. The number of rotatable bonds is 6. The van der Waals surface area contributed by atoms with E-state index in [1.807, 2.05) is 41.3 Å². The first-order valence-electron chi connectivity index (χ1n) is 11.5. The van der Waals surface area contributed by atoms with Crippen molar-refractivity contribution in [2.24, 2.45) is 0 Å². The van der Waals surface area contributed by atoms with Crippen LogP contribution in [-0.4, -0.2) is 28.6 Å². The minimum Gasteiger partial charge on any atom is -0.491 e. The molecule has 0 bridgehead atoms. The van der Waals surface area contributed by atoms with E-state index in [0.29, 0.717) is 26.1 Å². The van der Waals surface area contributed by atoms with Crippen molar-refractivity contribution in [2.45, 2.75) is 39.7 Å². The van der Waals surface area contributed by atoms with E-state index in [2.05, 4.69) is 55.7 Å². The monoisotopic (exact) mass is 439 g/mol. The standard InChI is InChI=1S/C28H29N3O2/c1-19-7-6-8-23(16-19)31-18-22(17-27(31)32)28-29-24-9-4-5-10-25(24)30(28)13-14-33-26-12-11-20(2)15-21(26)3/h4-12,15-16,22H,13-14,17-18H2,1-3H3. The van der Waals surface area contributed by atoms with Gasteiger partial charge in [-0.3, -0.25) is 4.79 Å². The Morgan fingerprint density at radius 3 is 2.61 bits per heavy atom. The largest absolute Gasteiger partial charge is 0.491 e. The van der Waals surface area contributed by atoms with Crippen molar-refractivity contribution in [3.8, 4) is 5.75 Å². The number of imidazole rings is 1. The topological polar surface area (TPSA) is 47.4 Å². The zero-order chi connectivity index (χ0) is 22.9. The molecule has 0 N–H and O–H groups in total. The molecule has 1 aliphatic rings. The van der Waals surface area contributed by atoms with Gasteiger partial charge in [-0.05, 0) is 62.2 Å². The number of fused-ring (bicyclic) bond motifs is 1. The predicted molar refractivity (Wildman–Crippen MR) is 132 cm³/mol. The Morgan fingerprint density at radius 2 is 1.79 bits per heavy atom. The second-order valence-corrected chi connectivity index (χ2v) is 8.97. The highest BCUT2D eigenvalue weighted by atomic mass is 16.5. The summed E-state index contributed by atoms with van der Waals surface area (Å²) in [7, 11) is 0. The second-order valence-electron chi connectivity index (χ2n) is 8.97. The van der Waals surface area contributed by atoms with Crippen molar-refractivity contribution in [3.63, 3.8) is 0 Å². The number of benzene rings is 3. The number of aryl methyl sites for hydroxylation is 3. The lowest BCUT2D eigenvalue weighted by Crippen LogP contribution is -2.24. The average Bonchev–Trinajstić information content (AvgIpc) is 3.36. The van der Waals surface area contributed by atoms with E-state index in [-0.39, 0.29) is 11.8 Å². The third-order valence-corrected chi connectivity index (χ3v) is 6.39. The van der Waals surface area contributed by atoms with Crippen molar-refractivity contribution in [1.82, 2.24) is 9.55 Å². The van der Waals surface area contributed by atoms with Gasteiger partial charge in [-0.2, -0.15) is 0 Å². The minimum absolute atomic E-state index is 0.0477. The number of hydrogen-bond donors (Lipinski definition) is 0. The molecule has 5 rings (SSSR count). The van der Waals surface area contributed by atoms with Crippen molar-refractivity contribution < 1.29 is 9.53 Å². The van der Waals surface area contributed by atoms with Crippen LogP contribution >= 0.6 is 0 Å². The van der Waals surface area contributed by atoms with Crippen molar-refractivity contribution in [2.75, 3.05) is 18.1 Å². The molecule has 33 heavy (non-hydrogen) atoms. The van der Waals surface area contributed by atoms with Gasteiger partial charge in [0.15, 0.2) is 0 Å². The van der Waals surface area contributed by atoms with Crippen LogP contribution in [0.4, 0.5) is 5.69 Å². The fourth-order valence-corrected chi connectivity index (χ4v) is 4.77. The number of carbonyl (C=O) groups excluding carboxylic acids is 1. The summed E-state index contributed by atoms with van der Waals surface area (Å²) in [6.07, 6.45) is 0.467. The number of amides is 1. The third kappa shape index (κ3) is 4.23. The Labute approximate surface area is 194 Å². The van der Waals surface area contributed by atoms with Crippen LogP contribution in [0.2, 0.25) is 0 Å². The molecule has 1 atom stereocenters. The number of aromatic nitrogens is 2. The quantitative estimate of drug-likeness (QED) is 0.395. The fourth-order valence-electron chi connectivity index (χ4n) is 4.77. The van der Waals surface area contributed by atoms with Gasteiger partial charge < -0.3 is 14.2 Å². The SMILES string of the molecule is Cc1cccc(N2CC(c3nc4ccccc4n3CCOc3ccc(C)cc3C)CC2=O)c1. The molecular formula is C28H29N3O2. The molecule has 1 unspecified atom stereocenters. The van der Waals surface area contributed by atoms with Gasteiger partial charge in [0.05, 0.1) is 17.6 Å². The molecule has 0 aliphatic carbocycles. The Kier molecular flexibility index (Phi) is 5.63. The highest BCUT2D eigenvalue weighted by Gasteiger charge is 2.34. The van der Waals surface area contributed by atoms with E-state index in [9.17, 15) is 4.79 Å². The van der Waals surface area contributed by atoms with E-state index in [4.69, 9.17) is 9.72 Å². The first kappa shape index (κ1) is 21.3. The van der Waals surface area contributed by atoms with Crippen LogP contribution in [0.25, 0.3) is 11.0 Å². The van der Waals surface area contributed by atoms with Crippen LogP contribution in [0, 0.1) is 20.8 Å². The molecule has 5 nitrogen and oxygen atoms in total. The van der Waals surface area contributed by atoms with E-state index in [1.165, 1.54) is 5.56 Å². The number of ether oxygens (including phenoxy) is 1. The van der Waals surface area contributed by atoms with Gasteiger partial charge in [-0.15, -0.1) is 0 Å². The highest BCUT2D eigenvalue weighted by molar-refractivity contribution is 5.96. The van der Waals surface area contributed by atoms with Crippen LogP contribution < -0.4 is 9.64 Å². The lowest BCUT2D eigenvalue weighted by molar-refractivity contribution is -0.117. The summed E-state index contributed by atoms with van der Waals surface area (Å²) in [5, 5.41) is 0. The average molecular weight is 440 g/mol. The van der Waals surface area contributed by atoms with Crippen LogP contribution in [0.3, 0.4) is 0 Å². The molecule has 0 saturated carbocycles. The normalized spacial score (nSPS) is 16.0. The number of nitrogens with zero attached hydrogens (tertiary/aromatic N) is 3. The van der Waals surface area contributed by atoms with Gasteiger partial charge in [0.25, 0.3) is 0 Å². The molecule has 1 aliphatic heterocycles. The summed E-state index contributed by atoms with van der Waals surface area (Å²) in [6.45, 7) is 8.08. The molecule has 1 fully saturated rings. The molecule has 0 radical (unpaired) electrons. The van der Waals surface area contributed by atoms with Crippen LogP contribution in [0.15, 0.2) is 66.7 Å². The van der Waals surface area contributed by atoms with Gasteiger partial charge >= 0.3 is 0 Å². The molecule has 168 valence electrons. The molecule has 2 heterocycles. The van der Waals surface area contributed by atoms with Crippen molar-refractivity contribution in [3.05, 3.63) is 89.2 Å². The zero-order valence-electron chi connectivity index (χ0n) is 19.4. The fraction of sp³-hybridized carbons (Fsp3) is 0.286. The van der Waals surface area contributed by atoms with Crippen LogP contribution in [0.1, 0.15) is 34.9 Å². The highest BCUT2D eigenvalue weighted by Crippen LogP contribution is 2.33. The lowest BCUT2D eigenvalue weighted by atomic mass is 10.1. The van der Waals surface area contributed by atoms with E-state index in [0.717, 1.165) is 39.4 Å². The van der Waals surface area contributed by atoms with Gasteiger partial charge in [0.2, 0.25) is 5.91 Å². The Balaban J connectivity index is 1.40. The van der Waals surface area contributed by atoms with Gasteiger partial charge in [-0.25, -0.2) is 4.98 Å². The first-order chi connectivity index (χ1) is 16.0.